The van der Waals surface area contributed by atoms with Crippen LogP contribution in [0.5, 0.6) is 5.75 Å². The number of hydrogen-bond acceptors (Lipinski definition) is 3. The lowest BCUT2D eigenvalue weighted by molar-refractivity contribution is 0.266. The second-order valence-corrected chi connectivity index (χ2v) is 3.17. The fourth-order valence-corrected chi connectivity index (χ4v) is 1.28. The highest BCUT2D eigenvalue weighted by Crippen LogP contribution is 2.13. The Labute approximate surface area is 88.5 Å². The van der Waals surface area contributed by atoms with Crippen LogP contribution in [-0.4, -0.2) is 0 Å². The molecule has 0 atom stereocenters. The van der Waals surface area contributed by atoms with Gasteiger partial charge in [0.2, 0.25) is 0 Å². The molecule has 0 saturated carbocycles. The van der Waals surface area contributed by atoms with Crippen molar-refractivity contribution in [3.63, 3.8) is 0 Å². The first-order chi connectivity index (χ1) is 7.38. The number of benzene rings is 1. The molecular formula is C12H13NO2. The summed E-state index contributed by atoms with van der Waals surface area (Å²) in [5, 5.41) is 0. The zero-order chi connectivity index (χ0) is 10.5. The van der Waals surface area contributed by atoms with Crippen LogP contribution in [0.15, 0.2) is 46.9 Å². The molecular weight excluding hydrogens is 190 g/mol. The standard InChI is InChI=1S/C12H13NO2/c13-8-11-6-7-12(15-11)9-14-10-4-2-1-3-5-10/h1-7H,8-9,13H2. The molecule has 15 heavy (non-hydrogen) atoms. The van der Waals surface area contributed by atoms with Crippen LogP contribution in [0, 0.1) is 0 Å². The minimum Gasteiger partial charge on any atom is -0.486 e. The van der Waals surface area contributed by atoms with E-state index in [9.17, 15) is 0 Å². The summed E-state index contributed by atoms with van der Waals surface area (Å²) in [7, 11) is 0. The van der Waals surface area contributed by atoms with Crippen molar-refractivity contribution in [2.24, 2.45) is 5.73 Å². The summed E-state index contributed by atoms with van der Waals surface area (Å²) in [6.45, 7) is 0.856. The highest BCUT2D eigenvalue weighted by atomic mass is 16.5. The number of rotatable bonds is 4. The zero-order valence-corrected chi connectivity index (χ0v) is 8.35. The fraction of sp³-hybridized carbons (Fsp3) is 0.167. The van der Waals surface area contributed by atoms with Crippen LogP contribution in [0.1, 0.15) is 11.5 Å². The van der Waals surface area contributed by atoms with Gasteiger partial charge < -0.3 is 14.9 Å². The van der Waals surface area contributed by atoms with E-state index in [0.29, 0.717) is 13.2 Å². The Kier molecular flexibility index (Phi) is 3.05. The van der Waals surface area contributed by atoms with Gasteiger partial charge in [0.1, 0.15) is 23.9 Å². The van der Waals surface area contributed by atoms with Gasteiger partial charge in [0, 0.05) is 0 Å². The lowest BCUT2D eigenvalue weighted by Crippen LogP contribution is -1.95. The van der Waals surface area contributed by atoms with E-state index < -0.39 is 0 Å². The predicted molar refractivity (Wildman–Crippen MR) is 57.4 cm³/mol. The van der Waals surface area contributed by atoms with Crippen molar-refractivity contribution >= 4 is 0 Å². The molecule has 0 radical (unpaired) electrons. The zero-order valence-electron chi connectivity index (χ0n) is 8.35. The second kappa shape index (κ2) is 4.66. The van der Waals surface area contributed by atoms with Crippen LogP contribution in [-0.2, 0) is 13.2 Å². The SMILES string of the molecule is NCc1ccc(COc2ccccc2)o1. The van der Waals surface area contributed by atoms with Crippen LogP contribution in [0.3, 0.4) is 0 Å². The van der Waals surface area contributed by atoms with Gasteiger partial charge in [-0.2, -0.15) is 0 Å². The van der Waals surface area contributed by atoms with Crippen molar-refractivity contribution in [2.45, 2.75) is 13.2 Å². The van der Waals surface area contributed by atoms with Crippen molar-refractivity contribution in [2.75, 3.05) is 0 Å². The van der Waals surface area contributed by atoms with E-state index in [1.165, 1.54) is 0 Å². The first-order valence-corrected chi connectivity index (χ1v) is 4.84. The molecule has 78 valence electrons. The van der Waals surface area contributed by atoms with Gasteiger partial charge in [0.25, 0.3) is 0 Å². The molecule has 3 heteroatoms. The molecule has 1 aromatic carbocycles. The molecule has 3 nitrogen and oxygen atoms in total. The van der Waals surface area contributed by atoms with E-state index in [4.69, 9.17) is 14.9 Å². The molecule has 1 aromatic heterocycles. The van der Waals surface area contributed by atoms with E-state index in [0.717, 1.165) is 17.3 Å². The van der Waals surface area contributed by atoms with Gasteiger partial charge >= 0.3 is 0 Å². The first-order valence-electron chi connectivity index (χ1n) is 4.84. The van der Waals surface area contributed by atoms with E-state index in [1.54, 1.807) is 0 Å². The number of ether oxygens (including phenoxy) is 1. The number of nitrogens with two attached hydrogens (primary N) is 1. The third-order valence-corrected chi connectivity index (χ3v) is 2.04. The molecule has 0 saturated heterocycles. The van der Waals surface area contributed by atoms with Crippen LogP contribution >= 0.6 is 0 Å². The molecule has 0 bridgehead atoms. The van der Waals surface area contributed by atoms with Gasteiger partial charge in [-0.15, -0.1) is 0 Å². The van der Waals surface area contributed by atoms with Gasteiger partial charge in [0.15, 0.2) is 0 Å². The Hall–Kier alpha value is -1.74. The van der Waals surface area contributed by atoms with Crippen molar-refractivity contribution < 1.29 is 9.15 Å². The molecule has 0 unspecified atom stereocenters. The second-order valence-electron chi connectivity index (χ2n) is 3.17. The Morgan fingerprint density at radius 1 is 1.00 bits per heavy atom. The Morgan fingerprint density at radius 3 is 2.40 bits per heavy atom. The van der Waals surface area contributed by atoms with Crippen LogP contribution in [0.2, 0.25) is 0 Å². The van der Waals surface area contributed by atoms with Gasteiger partial charge in [-0.25, -0.2) is 0 Å². The molecule has 0 aliphatic rings. The summed E-state index contributed by atoms with van der Waals surface area (Å²) in [6, 6.07) is 13.4. The highest BCUT2D eigenvalue weighted by molar-refractivity contribution is 5.21. The molecule has 2 rings (SSSR count). The normalized spacial score (nSPS) is 10.2. The average Bonchev–Trinajstić information content (AvgIpc) is 2.76. The largest absolute Gasteiger partial charge is 0.486 e. The van der Waals surface area contributed by atoms with Crippen LogP contribution < -0.4 is 10.5 Å². The lowest BCUT2D eigenvalue weighted by Gasteiger charge is -2.02. The third-order valence-electron chi connectivity index (χ3n) is 2.04. The topological polar surface area (TPSA) is 48.4 Å². The minimum atomic E-state index is 0.422. The fourth-order valence-electron chi connectivity index (χ4n) is 1.28. The molecule has 0 aliphatic carbocycles. The summed E-state index contributed by atoms with van der Waals surface area (Å²) in [5.74, 6) is 2.41. The monoisotopic (exact) mass is 203 g/mol. The summed E-state index contributed by atoms with van der Waals surface area (Å²) in [5.41, 5.74) is 5.44. The molecule has 0 aliphatic heterocycles. The van der Waals surface area contributed by atoms with E-state index in [-0.39, 0.29) is 0 Å². The summed E-state index contributed by atoms with van der Waals surface area (Å²) < 4.78 is 10.9. The van der Waals surface area contributed by atoms with Gasteiger partial charge in [-0.3, -0.25) is 0 Å². The highest BCUT2D eigenvalue weighted by Gasteiger charge is 2.00. The lowest BCUT2D eigenvalue weighted by atomic mass is 10.3. The van der Waals surface area contributed by atoms with Crippen molar-refractivity contribution in [3.8, 4) is 5.75 Å². The molecule has 0 fully saturated rings. The molecule has 0 spiro atoms. The van der Waals surface area contributed by atoms with Crippen LogP contribution in [0.4, 0.5) is 0 Å². The van der Waals surface area contributed by atoms with Gasteiger partial charge in [-0.1, -0.05) is 18.2 Å². The smallest absolute Gasteiger partial charge is 0.146 e. The van der Waals surface area contributed by atoms with E-state index >= 15 is 0 Å². The van der Waals surface area contributed by atoms with Crippen molar-refractivity contribution in [1.29, 1.82) is 0 Å². The van der Waals surface area contributed by atoms with Crippen molar-refractivity contribution in [3.05, 3.63) is 54.0 Å². The Balaban J connectivity index is 1.93. The molecule has 1 heterocycles. The third kappa shape index (κ3) is 2.60. The average molecular weight is 203 g/mol. The Bertz CT molecular complexity index is 409. The van der Waals surface area contributed by atoms with Gasteiger partial charge in [-0.05, 0) is 24.3 Å². The summed E-state index contributed by atoms with van der Waals surface area (Å²) in [6.07, 6.45) is 0. The molecule has 0 amide bonds. The first kappa shape index (κ1) is 9.80. The molecule has 2 aromatic rings. The Morgan fingerprint density at radius 2 is 1.73 bits per heavy atom. The van der Waals surface area contributed by atoms with Gasteiger partial charge in [0.05, 0.1) is 6.54 Å². The predicted octanol–water partition coefficient (Wildman–Crippen LogP) is 2.32. The maximum Gasteiger partial charge on any atom is 0.146 e. The summed E-state index contributed by atoms with van der Waals surface area (Å²) >= 11 is 0. The maximum atomic E-state index is 5.52. The number of furan rings is 1. The van der Waals surface area contributed by atoms with E-state index in [2.05, 4.69) is 0 Å². The van der Waals surface area contributed by atoms with E-state index in [1.807, 2.05) is 42.5 Å². The minimum absolute atomic E-state index is 0.422. The van der Waals surface area contributed by atoms with Crippen LogP contribution in [0.25, 0.3) is 0 Å². The summed E-state index contributed by atoms with van der Waals surface area (Å²) in [4.78, 5) is 0. The molecule has 2 N–H and O–H groups in total. The van der Waals surface area contributed by atoms with Crippen molar-refractivity contribution in [1.82, 2.24) is 0 Å². The number of hydrogen-bond donors (Lipinski definition) is 1. The number of para-hydroxylation sites is 1. The maximum absolute atomic E-state index is 5.52. The quantitative estimate of drug-likeness (QED) is 0.829.